The highest BCUT2D eigenvalue weighted by molar-refractivity contribution is 14.1. The molecule has 0 bridgehead atoms. The Kier molecular flexibility index (Phi) is 4.06. The Morgan fingerprint density at radius 1 is 1.47 bits per heavy atom. The van der Waals surface area contributed by atoms with Crippen LogP contribution in [0, 0.1) is 3.57 Å². The summed E-state index contributed by atoms with van der Waals surface area (Å²) < 4.78 is 2.98. The maximum Gasteiger partial charge on any atom is 0.0917 e. The third-order valence-electron chi connectivity index (χ3n) is 2.54. The van der Waals surface area contributed by atoms with Crippen LogP contribution in [-0.2, 0) is 0 Å². The van der Waals surface area contributed by atoms with Gasteiger partial charge in [0.05, 0.1) is 15.8 Å². The molecule has 0 fully saturated rings. The Morgan fingerprint density at radius 3 is 2.76 bits per heavy atom. The number of hydrogen-bond acceptors (Lipinski definition) is 2. The van der Waals surface area contributed by atoms with E-state index in [2.05, 4.69) is 27.7 Å². The third kappa shape index (κ3) is 3.00. The third-order valence-corrected chi connectivity index (χ3v) is 3.34. The highest BCUT2D eigenvalue weighted by Crippen LogP contribution is 2.23. The number of aromatic nitrogens is 2. The fraction of sp³-hybridized carbons (Fsp3) is 0.250. The lowest BCUT2D eigenvalue weighted by Crippen LogP contribution is -2.30. The molecule has 0 saturated heterocycles. The van der Waals surface area contributed by atoms with Crippen molar-refractivity contribution in [2.45, 2.75) is 19.0 Å². The van der Waals surface area contributed by atoms with E-state index in [1.54, 1.807) is 0 Å². The number of nitrogens with two attached hydrogens (primary N) is 1. The second-order valence-electron chi connectivity index (χ2n) is 4.00. The molecule has 2 rings (SSSR count). The van der Waals surface area contributed by atoms with Crippen LogP contribution in [0.5, 0.6) is 0 Å². The first-order valence-electron chi connectivity index (χ1n) is 5.28. The average Bonchev–Trinajstić information content (AvgIpc) is 2.64. The molecule has 2 N–H and O–H groups in total. The average molecular weight is 362 g/mol. The molecule has 0 radical (unpaired) electrons. The maximum atomic E-state index is 6.05. The Labute approximate surface area is 119 Å². The van der Waals surface area contributed by atoms with Crippen molar-refractivity contribution >= 4 is 34.2 Å². The van der Waals surface area contributed by atoms with E-state index < -0.39 is 0 Å². The van der Waals surface area contributed by atoms with Crippen molar-refractivity contribution in [1.29, 1.82) is 0 Å². The molecule has 90 valence electrons. The summed E-state index contributed by atoms with van der Waals surface area (Å²) in [7, 11) is 0. The molecule has 1 aromatic heterocycles. The molecule has 1 aromatic carbocycles. The molecule has 2 unspecified atom stereocenters. The van der Waals surface area contributed by atoms with Crippen molar-refractivity contribution in [3.8, 4) is 0 Å². The Bertz CT molecular complexity index is 510. The predicted molar refractivity (Wildman–Crippen MR) is 78.2 cm³/mol. The van der Waals surface area contributed by atoms with Gasteiger partial charge in [0.2, 0.25) is 0 Å². The van der Waals surface area contributed by atoms with Crippen LogP contribution in [0.15, 0.2) is 36.7 Å². The summed E-state index contributed by atoms with van der Waals surface area (Å²) >= 11 is 8.25. The van der Waals surface area contributed by atoms with Gasteiger partial charge < -0.3 is 5.73 Å². The van der Waals surface area contributed by atoms with Crippen molar-refractivity contribution in [2.24, 2.45) is 5.73 Å². The van der Waals surface area contributed by atoms with Gasteiger partial charge in [0.1, 0.15) is 0 Å². The number of nitrogens with zero attached hydrogens (tertiary/aromatic N) is 2. The summed E-state index contributed by atoms with van der Waals surface area (Å²) in [6, 6.07) is 7.72. The van der Waals surface area contributed by atoms with E-state index in [-0.39, 0.29) is 12.1 Å². The maximum absolute atomic E-state index is 6.05. The van der Waals surface area contributed by atoms with Gasteiger partial charge in [-0.3, -0.25) is 4.68 Å². The molecule has 1 heterocycles. The zero-order valence-electron chi connectivity index (χ0n) is 9.35. The highest BCUT2D eigenvalue weighted by Gasteiger charge is 2.19. The summed E-state index contributed by atoms with van der Waals surface area (Å²) in [5, 5.41) is 5.05. The van der Waals surface area contributed by atoms with E-state index >= 15 is 0 Å². The molecule has 17 heavy (non-hydrogen) atoms. The van der Waals surface area contributed by atoms with E-state index in [4.69, 9.17) is 17.3 Å². The molecule has 5 heteroatoms. The van der Waals surface area contributed by atoms with Gasteiger partial charge in [-0.1, -0.05) is 23.7 Å². The quantitative estimate of drug-likeness (QED) is 0.854. The summed E-state index contributed by atoms with van der Waals surface area (Å²) in [6.07, 6.45) is 3.80. The normalized spacial score (nSPS) is 14.6. The van der Waals surface area contributed by atoms with Crippen molar-refractivity contribution in [3.63, 3.8) is 0 Å². The van der Waals surface area contributed by atoms with Crippen LogP contribution in [-0.4, -0.2) is 15.8 Å². The van der Waals surface area contributed by atoms with E-state index in [9.17, 15) is 0 Å². The number of rotatable bonds is 3. The van der Waals surface area contributed by atoms with Crippen molar-refractivity contribution in [1.82, 2.24) is 9.78 Å². The van der Waals surface area contributed by atoms with Gasteiger partial charge in [-0.25, -0.2) is 0 Å². The lowest BCUT2D eigenvalue weighted by atomic mass is 10.0. The van der Waals surface area contributed by atoms with Gasteiger partial charge in [-0.05, 0) is 47.2 Å². The van der Waals surface area contributed by atoms with Crippen LogP contribution >= 0.6 is 34.2 Å². The fourth-order valence-electron chi connectivity index (χ4n) is 1.85. The molecule has 0 spiro atoms. The van der Waals surface area contributed by atoms with Crippen LogP contribution in [0.1, 0.15) is 18.5 Å². The summed E-state index contributed by atoms with van der Waals surface area (Å²) in [5.41, 5.74) is 7.13. The minimum Gasteiger partial charge on any atom is -0.326 e. The Balaban J connectivity index is 2.42. The number of hydrogen-bond donors (Lipinski definition) is 1. The molecule has 0 amide bonds. The summed E-state index contributed by atoms with van der Waals surface area (Å²) in [6.45, 7) is 1.97. The van der Waals surface area contributed by atoms with E-state index in [0.717, 1.165) is 14.2 Å². The second-order valence-corrected chi connectivity index (χ2v) is 5.68. The zero-order valence-corrected chi connectivity index (χ0v) is 12.3. The van der Waals surface area contributed by atoms with Crippen LogP contribution in [0.2, 0.25) is 5.02 Å². The van der Waals surface area contributed by atoms with Gasteiger partial charge in [-0.2, -0.15) is 5.10 Å². The molecule has 2 aromatic rings. The smallest absolute Gasteiger partial charge is 0.0917 e. The van der Waals surface area contributed by atoms with Crippen LogP contribution in [0.4, 0.5) is 0 Å². The van der Waals surface area contributed by atoms with E-state index in [0.29, 0.717) is 0 Å². The first-order chi connectivity index (χ1) is 8.08. The zero-order chi connectivity index (χ0) is 12.4. The Morgan fingerprint density at radius 2 is 2.24 bits per heavy atom. The van der Waals surface area contributed by atoms with Gasteiger partial charge in [0, 0.05) is 17.3 Å². The van der Waals surface area contributed by atoms with E-state index in [1.165, 1.54) is 0 Å². The van der Waals surface area contributed by atoms with Gasteiger partial charge in [-0.15, -0.1) is 0 Å². The molecule has 0 aliphatic rings. The van der Waals surface area contributed by atoms with Gasteiger partial charge in [0.25, 0.3) is 0 Å². The lowest BCUT2D eigenvalue weighted by molar-refractivity contribution is 0.454. The van der Waals surface area contributed by atoms with Crippen molar-refractivity contribution < 1.29 is 0 Å². The molecule has 0 aliphatic heterocycles. The summed E-state index contributed by atoms with van der Waals surface area (Å²) in [5.74, 6) is 0. The molecular formula is C12H13ClIN3. The van der Waals surface area contributed by atoms with E-state index in [1.807, 2.05) is 48.3 Å². The minimum absolute atomic E-state index is 0.0113. The highest BCUT2D eigenvalue weighted by atomic mass is 127. The van der Waals surface area contributed by atoms with Gasteiger partial charge in [0.15, 0.2) is 0 Å². The number of benzene rings is 1. The molecule has 2 atom stereocenters. The topological polar surface area (TPSA) is 43.8 Å². The summed E-state index contributed by atoms with van der Waals surface area (Å²) in [4.78, 5) is 0. The van der Waals surface area contributed by atoms with Crippen molar-refractivity contribution in [3.05, 3.63) is 50.8 Å². The second kappa shape index (κ2) is 5.37. The Hall–Kier alpha value is -0.590. The fourth-order valence-corrected chi connectivity index (χ4v) is 2.46. The molecule has 3 nitrogen and oxygen atoms in total. The molecular weight excluding hydrogens is 349 g/mol. The minimum atomic E-state index is -0.0378. The van der Waals surface area contributed by atoms with Crippen molar-refractivity contribution in [2.75, 3.05) is 0 Å². The first-order valence-corrected chi connectivity index (χ1v) is 6.74. The SMILES string of the molecule is CC(N)C(c1cccc(Cl)c1)n1cc(I)cn1. The first kappa shape index (κ1) is 12.9. The largest absolute Gasteiger partial charge is 0.326 e. The number of halogens is 2. The van der Waals surface area contributed by atoms with Gasteiger partial charge >= 0.3 is 0 Å². The van der Waals surface area contributed by atoms with Crippen LogP contribution in [0.3, 0.4) is 0 Å². The van der Waals surface area contributed by atoms with Crippen LogP contribution in [0.25, 0.3) is 0 Å². The lowest BCUT2D eigenvalue weighted by Gasteiger charge is -2.22. The van der Waals surface area contributed by atoms with Crippen LogP contribution < -0.4 is 5.73 Å². The standard InChI is InChI=1S/C12H13ClIN3/c1-8(15)12(17-7-11(14)6-16-17)9-3-2-4-10(13)5-9/h2-8,12H,15H2,1H3. The monoisotopic (exact) mass is 361 g/mol. The molecule has 0 aliphatic carbocycles. The predicted octanol–water partition coefficient (Wildman–Crippen LogP) is 3.08. The molecule has 0 saturated carbocycles.